The number of aromatic nitrogens is 2. The number of carbonyl (C=O) groups excluding carboxylic acids is 1. The molecule has 0 spiro atoms. The second kappa shape index (κ2) is 5.80. The molecular weight excluding hydrogens is 290 g/mol. The molecule has 0 saturated carbocycles. The van der Waals surface area contributed by atoms with Crippen molar-refractivity contribution in [2.75, 3.05) is 6.54 Å². The largest absolute Gasteiger partial charge is 0.340 e. The van der Waals surface area contributed by atoms with Crippen LogP contribution in [-0.2, 0) is 11.2 Å². The van der Waals surface area contributed by atoms with Crippen molar-refractivity contribution in [2.45, 2.75) is 51.0 Å². The fraction of sp³-hybridized carbons (Fsp3) is 0.500. The summed E-state index contributed by atoms with van der Waals surface area (Å²) in [6, 6.07) is 8.33. The highest BCUT2D eigenvalue weighted by molar-refractivity contribution is 5.85. The third-order valence-corrected chi connectivity index (χ3v) is 5.04. The highest BCUT2D eigenvalue weighted by atomic mass is 16.5. The van der Waals surface area contributed by atoms with Gasteiger partial charge in [-0.3, -0.25) is 4.79 Å². The van der Waals surface area contributed by atoms with Crippen LogP contribution in [0.2, 0.25) is 0 Å². The summed E-state index contributed by atoms with van der Waals surface area (Å²) in [4.78, 5) is 19.5. The van der Waals surface area contributed by atoms with Crippen LogP contribution in [0.4, 0.5) is 0 Å². The lowest BCUT2D eigenvalue weighted by Gasteiger charge is -2.31. The Morgan fingerprint density at radius 1 is 1.26 bits per heavy atom. The first-order chi connectivity index (χ1) is 11.2. The fourth-order valence-corrected chi connectivity index (χ4v) is 3.96. The lowest BCUT2D eigenvalue weighted by molar-refractivity contribution is -0.134. The van der Waals surface area contributed by atoms with Gasteiger partial charge < -0.3 is 9.42 Å². The molecular formula is C18H21N3O2. The smallest absolute Gasteiger partial charge is 0.230 e. The average molecular weight is 311 g/mol. The Morgan fingerprint density at radius 2 is 2.13 bits per heavy atom. The van der Waals surface area contributed by atoms with Gasteiger partial charge in [0.1, 0.15) is 0 Å². The molecule has 1 aromatic carbocycles. The molecule has 1 aliphatic carbocycles. The van der Waals surface area contributed by atoms with Crippen LogP contribution in [-0.4, -0.2) is 27.5 Å². The predicted molar refractivity (Wildman–Crippen MR) is 84.8 cm³/mol. The van der Waals surface area contributed by atoms with Gasteiger partial charge >= 0.3 is 0 Å². The summed E-state index contributed by atoms with van der Waals surface area (Å²) in [5.41, 5.74) is 2.53. The summed E-state index contributed by atoms with van der Waals surface area (Å²) in [6.45, 7) is 2.57. The summed E-state index contributed by atoms with van der Waals surface area (Å²) in [6.07, 6.45) is 5.00. The van der Waals surface area contributed by atoms with Crippen molar-refractivity contribution < 1.29 is 9.32 Å². The number of carbonyl (C=O) groups is 1. The van der Waals surface area contributed by atoms with E-state index in [1.54, 1.807) is 6.92 Å². The van der Waals surface area contributed by atoms with Gasteiger partial charge in [-0.15, -0.1) is 0 Å². The van der Waals surface area contributed by atoms with E-state index >= 15 is 0 Å². The third kappa shape index (κ3) is 2.54. The quantitative estimate of drug-likeness (QED) is 0.855. The number of nitrogens with zero attached hydrogens (tertiary/aromatic N) is 3. The second-order valence-corrected chi connectivity index (χ2v) is 6.50. The minimum atomic E-state index is -0.0333. The van der Waals surface area contributed by atoms with Crippen LogP contribution in [0.25, 0.3) is 0 Å². The van der Waals surface area contributed by atoms with E-state index in [1.165, 1.54) is 11.1 Å². The summed E-state index contributed by atoms with van der Waals surface area (Å²) in [5.74, 6) is 1.41. The molecule has 120 valence electrons. The highest BCUT2D eigenvalue weighted by Crippen LogP contribution is 2.38. The molecule has 5 nitrogen and oxygen atoms in total. The Bertz CT molecular complexity index is 725. The van der Waals surface area contributed by atoms with Crippen LogP contribution >= 0.6 is 0 Å². The summed E-state index contributed by atoms with van der Waals surface area (Å²) >= 11 is 0. The molecule has 1 aliphatic heterocycles. The molecule has 0 bridgehead atoms. The summed E-state index contributed by atoms with van der Waals surface area (Å²) in [7, 11) is 0. The van der Waals surface area contributed by atoms with Crippen LogP contribution in [0, 0.1) is 6.92 Å². The molecule has 1 saturated heterocycles. The predicted octanol–water partition coefficient (Wildman–Crippen LogP) is 3.16. The monoisotopic (exact) mass is 311 g/mol. The van der Waals surface area contributed by atoms with Crippen LogP contribution in [0.15, 0.2) is 28.8 Å². The number of rotatable bonds is 2. The van der Waals surface area contributed by atoms with Gasteiger partial charge in [-0.25, -0.2) is 0 Å². The van der Waals surface area contributed by atoms with Crippen molar-refractivity contribution in [1.82, 2.24) is 15.0 Å². The maximum atomic E-state index is 13.2. The molecule has 2 atom stereocenters. The zero-order valence-corrected chi connectivity index (χ0v) is 13.4. The zero-order chi connectivity index (χ0) is 15.8. The Balaban J connectivity index is 1.62. The minimum absolute atomic E-state index is 0.0199. The first kappa shape index (κ1) is 14.4. The van der Waals surface area contributed by atoms with E-state index in [9.17, 15) is 4.79 Å². The van der Waals surface area contributed by atoms with Crippen molar-refractivity contribution in [3.63, 3.8) is 0 Å². The maximum absolute atomic E-state index is 13.2. The SMILES string of the molecule is Cc1nc([C@@H]2CCCN2C(=O)[C@@H]2CCCc3ccccc32)no1. The van der Waals surface area contributed by atoms with E-state index in [-0.39, 0.29) is 17.9 Å². The highest BCUT2D eigenvalue weighted by Gasteiger charge is 2.38. The van der Waals surface area contributed by atoms with Crippen molar-refractivity contribution in [2.24, 2.45) is 0 Å². The van der Waals surface area contributed by atoms with Gasteiger partial charge in [0.15, 0.2) is 5.82 Å². The Hall–Kier alpha value is -2.17. The normalized spacial score (nSPS) is 23.8. The van der Waals surface area contributed by atoms with E-state index in [1.807, 2.05) is 11.0 Å². The third-order valence-electron chi connectivity index (χ3n) is 5.04. The lowest BCUT2D eigenvalue weighted by Crippen LogP contribution is -2.36. The van der Waals surface area contributed by atoms with Crippen molar-refractivity contribution >= 4 is 5.91 Å². The van der Waals surface area contributed by atoms with Crippen LogP contribution in [0.1, 0.15) is 60.5 Å². The zero-order valence-electron chi connectivity index (χ0n) is 13.4. The van der Waals surface area contributed by atoms with E-state index in [0.717, 1.165) is 38.6 Å². The first-order valence-corrected chi connectivity index (χ1v) is 8.42. The molecule has 0 radical (unpaired) electrons. The number of likely N-dealkylation sites (tertiary alicyclic amines) is 1. The Labute approximate surface area is 135 Å². The van der Waals surface area contributed by atoms with Crippen LogP contribution in [0.3, 0.4) is 0 Å². The van der Waals surface area contributed by atoms with Crippen molar-refractivity contribution in [3.05, 3.63) is 47.1 Å². The molecule has 1 amide bonds. The van der Waals surface area contributed by atoms with Gasteiger partial charge in [0, 0.05) is 13.5 Å². The maximum Gasteiger partial charge on any atom is 0.230 e. The number of fused-ring (bicyclic) bond motifs is 1. The molecule has 2 aliphatic rings. The fourth-order valence-electron chi connectivity index (χ4n) is 3.96. The van der Waals surface area contributed by atoms with Gasteiger partial charge in [0.05, 0.1) is 12.0 Å². The average Bonchev–Trinajstić information content (AvgIpc) is 3.22. The molecule has 5 heteroatoms. The van der Waals surface area contributed by atoms with Gasteiger partial charge in [0.25, 0.3) is 0 Å². The molecule has 1 fully saturated rings. The van der Waals surface area contributed by atoms with Crippen LogP contribution < -0.4 is 0 Å². The van der Waals surface area contributed by atoms with E-state index in [2.05, 4.69) is 28.3 Å². The number of hydrogen-bond donors (Lipinski definition) is 0. The summed E-state index contributed by atoms with van der Waals surface area (Å²) in [5, 5.41) is 4.04. The Morgan fingerprint density at radius 3 is 2.96 bits per heavy atom. The molecule has 2 aromatic rings. The molecule has 23 heavy (non-hydrogen) atoms. The number of amides is 1. The Kier molecular flexibility index (Phi) is 3.63. The lowest BCUT2D eigenvalue weighted by atomic mass is 9.82. The van der Waals surface area contributed by atoms with Crippen molar-refractivity contribution in [3.8, 4) is 0 Å². The van der Waals surface area contributed by atoms with Gasteiger partial charge in [0.2, 0.25) is 11.8 Å². The molecule has 0 unspecified atom stereocenters. The summed E-state index contributed by atoms with van der Waals surface area (Å²) < 4.78 is 5.11. The van der Waals surface area contributed by atoms with Crippen molar-refractivity contribution in [1.29, 1.82) is 0 Å². The topological polar surface area (TPSA) is 59.2 Å². The van der Waals surface area contributed by atoms with Crippen LogP contribution in [0.5, 0.6) is 0 Å². The molecule has 2 heterocycles. The second-order valence-electron chi connectivity index (χ2n) is 6.50. The minimum Gasteiger partial charge on any atom is -0.340 e. The first-order valence-electron chi connectivity index (χ1n) is 8.42. The van der Waals surface area contributed by atoms with Gasteiger partial charge in [-0.1, -0.05) is 29.4 Å². The van der Waals surface area contributed by atoms with Gasteiger partial charge in [-0.2, -0.15) is 4.98 Å². The van der Waals surface area contributed by atoms with E-state index in [4.69, 9.17) is 4.52 Å². The molecule has 1 aromatic heterocycles. The number of aryl methyl sites for hydroxylation is 2. The standard InChI is InChI=1S/C18H21N3O2/c1-12-19-17(20-23-12)16-10-5-11-21(16)18(22)15-9-4-7-13-6-2-3-8-14(13)15/h2-3,6,8,15-16H,4-5,7,9-11H2,1H3/t15-,16+/m1/s1. The number of hydrogen-bond acceptors (Lipinski definition) is 4. The van der Waals surface area contributed by atoms with E-state index < -0.39 is 0 Å². The van der Waals surface area contributed by atoms with Gasteiger partial charge in [-0.05, 0) is 43.2 Å². The molecule has 4 rings (SSSR count). The van der Waals surface area contributed by atoms with E-state index in [0.29, 0.717) is 11.7 Å². The molecule has 0 N–H and O–H groups in total. The number of benzene rings is 1.